The summed E-state index contributed by atoms with van der Waals surface area (Å²) in [6, 6.07) is 5.43. The average molecular weight is 231 g/mol. The van der Waals surface area contributed by atoms with Gasteiger partial charge in [0.1, 0.15) is 5.69 Å². The van der Waals surface area contributed by atoms with E-state index in [0.717, 1.165) is 11.3 Å². The molecule has 0 radical (unpaired) electrons. The Morgan fingerprint density at radius 1 is 1.47 bits per heavy atom. The smallest absolute Gasteiger partial charge is 0.356 e. The molecule has 0 fully saturated rings. The number of rotatable bonds is 3. The quantitative estimate of drug-likeness (QED) is 0.820. The van der Waals surface area contributed by atoms with Crippen molar-refractivity contribution in [3.8, 4) is 11.3 Å². The number of carbonyl (C=O) groups excluding carboxylic acids is 1. The van der Waals surface area contributed by atoms with Gasteiger partial charge in [-0.05, 0) is 32.0 Å². The molecule has 0 aromatic carbocycles. The van der Waals surface area contributed by atoms with E-state index in [9.17, 15) is 4.79 Å². The van der Waals surface area contributed by atoms with Crippen LogP contribution in [0.5, 0.6) is 0 Å². The molecule has 0 bridgehead atoms. The first-order valence-corrected chi connectivity index (χ1v) is 5.36. The molecule has 2 aromatic rings. The number of ether oxygens (including phenoxy) is 1. The molecule has 2 aromatic heterocycles. The van der Waals surface area contributed by atoms with Crippen molar-refractivity contribution in [1.29, 1.82) is 0 Å². The molecule has 5 nitrogen and oxygen atoms in total. The number of hydrogen-bond donors (Lipinski definition) is 1. The van der Waals surface area contributed by atoms with Crippen molar-refractivity contribution in [2.75, 3.05) is 6.61 Å². The fourth-order valence-corrected chi connectivity index (χ4v) is 1.49. The van der Waals surface area contributed by atoms with Gasteiger partial charge in [0.2, 0.25) is 0 Å². The average Bonchev–Trinajstić information content (AvgIpc) is 2.78. The third kappa shape index (κ3) is 2.50. The van der Waals surface area contributed by atoms with Crippen LogP contribution in [0.4, 0.5) is 0 Å². The van der Waals surface area contributed by atoms with Crippen molar-refractivity contribution in [2.24, 2.45) is 0 Å². The second-order valence-corrected chi connectivity index (χ2v) is 3.57. The lowest BCUT2D eigenvalue weighted by Crippen LogP contribution is -2.04. The van der Waals surface area contributed by atoms with E-state index in [2.05, 4.69) is 15.2 Å². The number of nitrogens with zero attached hydrogens (tertiary/aromatic N) is 2. The Hall–Kier alpha value is -2.17. The highest BCUT2D eigenvalue weighted by Gasteiger charge is 2.11. The van der Waals surface area contributed by atoms with E-state index in [0.29, 0.717) is 18.0 Å². The molecular formula is C12H13N3O2. The zero-order chi connectivity index (χ0) is 12.3. The molecule has 0 unspecified atom stereocenters. The van der Waals surface area contributed by atoms with E-state index < -0.39 is 5.97 Å². The van der Waals surface area contributed by atoms with Crippen LogP contribution < -0.4 is 0 Å². The summed E-state index contributed by atoms with van der Waals surface area (Å²) in [6.45, 7) is 4.02. The Labute approximate surface area is 98.8 Å². The minimum absolute atomic E-state index is 0.349. The van der Waals surface area contributed by atoms with Crippen molar-refractivity contribution in [3.05, 3.63) is 35.8 Å². The maximum absolute atomic E-state index is 11.5. The van der Waals surface area contributed by atoms with Crippen LogP contribution >= 0.6 is 0 Å². The Kier molecular flexibility index (Phi) is 3.18. The van der Waals surface area contributed by atoms with Gasteiger partial charge in [-0.25, -0.2) is 4.79 Å². The van der Waals surface area contributed by atoms with Gasteiger partial charge in [0.15, 0.2) is 0 Å². The monoisotopic (exact) mass is 231 g/mol. The molecule has 0 spiro atoms. The summed E-state index contributed by atoms with van der Waals surface area (Å²) in [6.07, 6.45) is 1.71. The molecule has 5 heteroatoms. The minimum Gasteiger partial charge on any atom is -0.461 e. The molecular weight excluding hydrogens is 218 g/mol. The van der Waals surface area contributed by atoms with Crippen molar-refractivity contribution >= 4 is 5.97 Å². The van der Waals surface area contributed by atoms with Gasteiger partial charge in [-0.3, -0.25) is 10.1 Å². The van der Waals surface area contributed by atoms with E-state index in [1.54, 1.807) is 19.2 Å². The van der Waals surface area contributed by atoms with Crippen molar-refractivity contribution < 1.29 is 9.53 Å². The standard InChI is InChI=1S/C12H13N3O2/c1-3-17-12(16)11-7-10(14-15-11)9-4-5-13-8(2)6-9/h4-7H,3H2,1-2H3,(H,14,15). The van der Waals surface area contributed by atoms with E-state index in [1.807, 2.05) is 19.1 Å². The van der Waals surface area contributed by atoms with Crippen molar-refractivity contribution in [3.63, 3.8) is 0 Å². The maximum atomic E-state index is 11.5. The molecule has 0 saturated carbocycles. The van der Waals surface area contributed by atoms with Gasteiger partial charge in [0.25, 0.3) is 0 Å². The van der Waals surface area contributed by atoms with Gasteiger partial charge in [0.05, 0.1) is 12.3 Å². The van der Waals surface area contributed by atoms with Crippen LogP contribution in [0.3, 0.4) is 0 Å². The topological polar surface area (TPSA) is 67.9 Å². The lowest BCUT2D eigenvalue weighted by molar-refractivity contribution is 0.0519. The molecule has 0 aliphatic heterocycles. The molecule has 88 valence electrons. The number of carbonyl (C=O) groups is 1. The Balaban J connectivity index is 2.27. The molecule has 0 saturated heterocycles. The Morgan fingerprint density at radius 2 is 2.29 bits per heavy atom. The minimum atomic E-state index is -0.392. The van der Waals surface area contributed by atoms with Crippen LogP contribution in [0.1, 0.15) is 23.1 Å². The summed E-state index contributed by atoms with van der Waals surface area (Å²) >= 11 is 0. The summed E-state index contributed by atoms with van der Waals surface area (Å²) < 4.78 is 4.88. The number of aromatic nitrogens is 3. The second-order valence-electron chi connectivity index (χ2n) is 3.57. The van der Waals surface area contributed by atoms with E-state index in [4.69, 9.17) is 4.74 Å². The number of esters is 1. The molecule has 0 aliphatic rings. The molecule has 2 heterocycles. The number of aromatic amines is 1. The fourth-order valence-electron chi connectivity index (χ4n) is 1.49. The van der Waals surface area contributed by atoms with Crippen molar-refractivity contribution in [1.82, 2.24) is 15.2 Å². The zero-order valence-electron chi connectivity index (χ0n) is 9.73. The van der Waals surface area contributed by atoms with Gasteiger partial charge in [-0.2, -0.15) is 5.10 Å². The summed E-state index contributed by atoms with van der Waals surface area (Å²) in [5.41, 5.74) is 2.89. The van der Waals surface area contributed by atoms with E-state index >= 15 is 0 Å². The number of hydrogen-bond acceptors (Lipinski definition) is 4. The van der Waals surface area contributed by atoms with Crippen LogP contribution in [0.2, 0.25) is 0 Å². The lowest BCUT2D eigenvalue weighted by atomic mass is 10.1. The lowest BCUT2D eigenvalue weighted by Gasteiger charge is -1.97. The van der Waals surface area contributed by atoms with Gasteiger partial charge in [-0.1, -0.05) is 0 Å². The van der Waals surface area contributed by atoms with Crippen LogP contribution in [0.25, 0.3) is 11.3 Å². The van der Waals surface area contributed by atoms with Crippen LogP contribution in [-0.4, -0.2) is 27.8 Å². The van der Waals surface area contributed by atoms with Gasteiger partial charge in [0, 0.05) is 17.5 Å². The van der Waals surface area contributed by atoms with Gasteiger partial charge in [-0.15, -0.1) is 0 Å². The van der Waals surface area contributed by atoms with E-state index in [1.165, 1.54) is 0 Å². The summed E-state index contributed by atoms with van der Waals surface area (Å²) in [5, 5.41) is 6.74. The third-order valence-corrected chi connectivity index (χ3v) is 2.27. The first kappa shape index (κ1) is 11.3. The normalized spacial score (nSPS) is 10.2. The van der Waals surface area contributed by atoms with Gasteiger partial charge < -0.3 is 4.74 Å². The molecule has 17 heavy (non-hydrogen) atoms. The SMILES string of the molecule is CCOC(=O)c1cc(-c2ccnc(C)c2)n[nH]1. The molecule has 0 amide bonds. The predicted molar refractivity (Wildman–Crippen MR) is 62.5 cm³/mol. The predicted octanol–water partition coefficient (Wildman–Crippen LogP) is 1.96. The van der Waals surface area contributed by atoms with E-state index in [-0.39, 0.29) is 0 Å². The fraction of sp³-hybridized carbons (Fsp3) is 0.250. The molecule has 1 N–H and O–H groups in total. The molecule has 0 atom stereocenters. The van der Waals surface area contributed by atoms with Crippen LogP contribution in [0, 0.1) is 6.92 Å². The third-order valence-electron chi connectivity index (χ3n) is 2.27. The van der Waals surface area contributed by atoms with Crippen LogP contribution in [0.15, 0.2) is 24.4 Å². The highest BCUT2D eigenvalue weighted by molar-refractivity contribution is 5.88. The first-order valence-electron chi connectivity index (χ1n) is 5.36. The highest BCUT2D eigenvalue weighted by Crippen LogP contribution is 2.17. The molecule has 2 rings (SSSR count). The summed E-state index contributed by atoms with van der Waals surface area (Å²) in [4.78, 5) is 15.6. The Bertz CT molecular complexity index is 534. The van der Waals surface area contributed by atoms with Gasteiger partial charge >= 0.3 is 5.97 Å². The largest absolute Gasteiger partial charge is 0.461 e. The summed E-state index contributed by atoms with van der Waals surface area (Å²) in [7, 11) is 0. The van der Waals surface area contributed by atoms with Crippen molar-refractivity contribution in [2.45, 2.75) is 13.8 Å². The van der Waals surface area contributed by atoms with Crippen LogP contribution in [-0.2, 0) is 4.74 Å². The zero-order valence-corrected chi connectivity index (χ0v) is 9.73. The number of nitrogens with one attached hydrogen (secondary N) is 1. The maximum Gasteiger partial charge on any atom is 0.356 e. The first-order chi connectivity index (χ1) is 8.20. The highest BCUT2D eigenvalue weighted by atomic mass is 16.5. The number of pyridine rings is 1. The molecule has 0 aliphatic carbocycles. The Morgan fingerprint density at radius 3 is 3.00 bits per heavy atom. The number of H-pyrrole nitrogens is 1. The second kappa shape index (κ2) is 4.78. The number of aryl methyl sites for hydroxylation is 1. The summed E-state index contributed by atoms with van der Waals surface area (Å²) in [5.74, 6) is -0.392.